The van der Waals surface area contributed by atoms with Crippen molar-refractivity contribution in [3.8, 4) is 0 Å². The summed E-state index contributed by atoms with van der Waals surface area (Å²) in [5.74, 6) is 0.979. The summed E-state index contributed by atoms with van der Waals surface area (Å²) in [5.41, 5.74) is 4.57. The molecular weight excluding hydrogens is 356 g/mol. The number of nitrogens with zero attached hydrogens (tertiary/aromatic N) is 3. The molecule has 142 valence electrons. The lowest BCUT2D eigenvalue weighted by molar-refractivity contribution is -0.0400. The Kier molecular flexibility index (Phi) is 4.09. The highest BCUT2D eigenvalue weighted by molar-refractivity contribution is 7.26. The molecule has 5 rings (SSSR count). The summed E-state index contributed by atoms with van der Waals surface area (Å²) in [4.78, 5) is 15.3. The maximum atomic E-state index is 6.05. The maximum absolute atomic E-state index is 6.05. The van der Waals surface area contributed by atoms with Crippen LogP contribution in [0.3, 0.4) is 0 Å². The Morgan fingerprint density at radius 2 is 1.96 bits per heavy atom. The van der Waals surface area contributed by atoms with Crippen molar-refractivity contribution < 1.29 is 4.74 Å². The van der Waals surface area contributed by atoms with Gasteiger partial charge in [0.25, 0.3) is 0 Å². The Morgan fingerprint density at radius 3 is 2.78 bits per heavy atom. The molecule has 0 amide bonds. The van der Waals surface area contributed by atoms with Crippen LogP contribution in [0.25, 0.3) is 20.4 Å². The number of nitrogens with one attached hydrogen (secondary N) is 1. The molecule has 27 heavy (non-hydrogen) atoms. The smallest absolute Gasteiger partial charge is 0.147 e. The van der Waals surface area contributed by atoms with Crippen molar-refractivity contribution in [1.29, 1.82) is 0 Å². The molecule has 1 N–H and O–H groups in total. The number of pyridine rings is 1. The van der Waals surface area contributed by atoms with Gasteiger partial charge in [0, 0.05) is 29.1 Å². The fourth-order valence-corrected chi connectivity index (χ4v) is 5.67. The average molecular weight is 383 g/mol. The Bertz CT molecular complexity index is 1020. The Hall–Kier alpha value is -1.79. The molecular formula is C21H26N4OS. The van der Waals surface area contributed by atoms with Crippen molar-refractivity contribution in [3.05, 3.63) is 23.1 Å². The zero-order chi connectivity index (χ0) is 18.6. The van der Waals surface area contributed by atoms with E-state index in [4.69, 9.17) is 9.72 Å². The van der Waals surface area contributed by atoms with Gasteiger partial charge in [-0.25, -0.2) is 15.0 Å². The van der Waals surface area contributed by atoms with Crippen LogP contribution >= 0.6 is 11.3 Å². The summed E-state index contributed by atoms with van der Waals surface area (Å²) in [6, 6.07) is 0.526. The summed E-state index contributed by atoms with van der Waals surface area (Å²) >= 11 is 1.72. The van der Waals surface area contributed by atoms with Crippen LogP contribution in [0.1, 0.15) is 62.8 Å². The molecule has 0 saturated heterocycles. The molecule has 0 bridgehead atoms. The maximum Gasteiger partial charge on any atom is 0.147 e. The molecule has 1 saturated carbocycles. The zero-order valence-electron chi connectivity index (χ0n) is 16.3. The van der Waals surface area contributed by atoms with Crippen LogP contribution in [-0.2, 0) is 17.8 Å². The van der Waals surface area contributed by atoms with Crippen molar-refractivity contribution in [2.45, 2.75) is 77.5 Å². The molecule has 6 heteroatoms. The highest BCUT2D eigenvalue weighted by Gasteiger charge is 2.31. The molecule has 1 aliphatic carbocycles. The third-order valence-electron chi connectivity index (χ3n) is 5.98. The number of aromatic nitrogens is 3. The number of hydrogen-bond donors (Lipinski definition) is 1. The van der Waals surface area contributed by atoms with E-state index in [1.165, 1.54) is 48.6 Å². The Labute approximate surface area is 163 Å². The number of anilines is 1. The van der Waals surface area contributed by atoms with Gasteiger partial charge >= 0.3 is 0 Å². The third-order valence-corrected chi connectivity index (χ3v) is 7.06. The quantitative estimate of drug-likeness (QED) is 0.665. The number of fused-ring (bicyclic) bond motifs is 5. The van der Waals surface area contributed by atoms with E-state index >= 15 is 0 Å². The number of thiophene rings is 1. The van der Waals surface area contributed by atoms with Crippen molar-refractivity contribution in [3.63, 3.8) is 0 Å². The van der Waals surface area contributed by atoms with Crippen LogP contribution in [0.2, 0.25) is 0 Å². The van der Waals surface area contributed by atoms with E-state index in [9.17, 15) is 0 Å². The molecule has 0 aromatic carbocycles. The second-order valence-electron chi connectivity index (χ2n) is 8.54. The summed E-state index contributed by atoms with van der Waals surface area (Å²) in [6.45, 7) is 7.05. The molecule has 0 radical (unpaired) electrons. The second-order valence-corrected chi connectivity index (χ2v) is 9.54. The molecule has 0 spiro atoms. The largest absolute Gasteiger partial charge is 0.370 e. The lowest BCUT2D eigenvalue weighted by atomic mass is 9.89. The van der Waals surface area contributed by atoms with Crippen molar-refractivity contribution in [1.82, 2.24) is 15.0 Å². The lowest BCUT2D eigenvalue weighted by Gasteiger charge is -2.32. The SMILES string of the molecule is Cc1nc2sc3c(NC4CCCCC4)ncnc3c2c2c1COC(C)(C)C2. The van der Waals surface area contributed by atoms with Crippen LogP contribution in [0.15, 0.2) is 6.33 Å². The first kappa shape index (κ1) is 17.3. The standard InChI is InChI=1S/C21H26N4OS/c1-12-15-10-26-21(2,3)9-14(15)16-17-18(27-20(16)24-12)19(23-11-22-17)25-13-7-5-4-6-8-13/h11,13H,4-10H2,1-3H3,(H,22,23,25). The summed E-state index contributed by atoms with van der Waals surface area (Å²) in [6.07, 6.45) is 9.03. The predicted molar refractivity (Wildman–Crippen MR) is 111 cm³/mol. The Balaban J connectivity index is 1.68. The van der Waals surface area contributed by atoms with Gasteiger partial charge in [-0.05, 0) is 39.2 Å². The monoisotopic (exact) mass is 382 g/mol. The van der Waals surface area contributed by atoms with Gasteiger partial charge in [-0.2, -0.15) is 0 Å². The van der Waals surface area contributed by atoms with Crippen LogP contribution < -0.4 is 5.32 Å². The fourth-order valence-electron chi connectivity index (χ4n) is 4.51. The number of hydrogen-bond acceptors (Lipinski definition) is 6. The average Bonchev–Trinajstić information content (AvgIpc) is 3.01. The number of aryl methyl sites for hydroxylation is 1. The van der Waals surface area contributed by atoms with Gasteiger partial charge in [-0.3, -0.25) is 0 Å². The van der Waals surface area contributed by atoms with Gasteiger partial charge < -0.3 is 10.1 Å². The van der Waals surface area contributed by atoms with E-state index in [0.29, 0.717) is 12.6 Å². The first-order chi connectivity index (χ1) is 13.0. The van der Waals surface area contributed by atoms with Crippen LogP contribution in [-0.4, -0.2) is 26.6 Å². The highest BCUT2D eigenvalue weighted by Crippen LogP contribution is 2.42. The summed E-state index contributed by atoms with van der Waals surface area (Å²) in [5, 5.41) is 4.91. The van der Waals surface area contributed by atoms with E-state index in [1.54, 1.807) is 17.7 Å². The first-order valence-electron chi connectivity index (χ1n) is 9.98. The minimum atomic E-state index is -0.155. The normalized spacial score (nSPS) is 20.1. The molecule has 0 atom stereocenters. The Morgan fingerprint density at radius 1 is 1.15 bits per heavy atom. The van der Waals surface area contributed by atoms with Crippen molar-refractivity contribution in [2.24, 2.45) is 0 Å². The molecule has 3 aromatic heterocycles. The van der Waals surface area contributed by atoms with Gasteiger partial charge in [0.2, 0.25) is 0 Å². The topological polar surface area (TPSA) is 59.9 Å². The third kappa shape index (κ3) is 2.99. The minimum Gasteiger partial charge on any atom is -0.370 e. The minimum absolute atomic E-state index is 0.155. The van der Waals surface area contributed by atoms with Crippen LogP contribution in [0.5, 0.6) is 0 Å². The van der Waals surface area contributed by atoms with Crippen molar-refractivity contribution >= 4 is 37.6 Å². The molecule has 4 heterocycles. The van der Waals surface area contributed by atoms with Gasteiger partial charge in [0.15, 0.2) is 0 Å². The molecule has 1 fully saturated rings. The first-order valence-corrected chi connectivity index (χ1v) is 10.8. The second kappa shape index (κ2) is 6.38. The number of ether oxygens (including phenoxy) is 1. The van der Waals surface area contributed by atoms with Gasteiger partial charge in [0.05, 0.1) is 22.4 Å². The lowest BCUT2D eigenvalue weighted by Crippen LogP contribution is -2.32. The van der Waals surface area contributed by atoms with Crippen molar-refractivity contribution in [2.75, 3.05) is 5.32 Å². The van der Waals surface area contributed by atoms with E-state index in [1.807, 2.05) is 0 Å². The summed E-state index contributed by atoms with van der Waals surface area (Å²) in [7, 11) is 0. The summed E-state index contributed by atoms with van der Waals surface area (Å²) < 4.78 is 7.19. The van der Waals surface area contributed by atoms with E-state index < -0.39 is 0 Å². The predicted octanol–water partition coefficient (Wildman–Crippen LogP) is 5.14. The van der Waals surface area contributed by atoms with E-state index in [-0.39, 0.29) is 5.60 Å². The van der Waals surface area contributed by atoms with Gasteiger partial charge in [0.1, 0.15) is 17.0 Å². The molecule has 0 unspecified atom stereocenters. The fraction of sp³-hybridized carbons (Fsp3) is 0.571. The molecule has 2 aliphatic rings. The van der Waals surface area contributed by atoms with Crippen LogP contribution in [0.4, 0.5) is 5.82 Å². The molecule has 1 aliphatic heterocycles. The van der Waals surface area contributed by atoms with Gasteiger partial charge in [-0.15, -0.1) is 11.3 Å². The highest BCUT2D eigenvalue weighted by atomic mass is 32.1. The molecule has 3 aromatic rings. The molecule has 5 nitrogen and oxygen atoms in total. The van der Waals surface area contributed by atoms with Gasteiger partial charge in [-0.1, -0.05) is 19.3 Å². The van der Waals surface area contributed by atoms with E-state index in [2.05, 4.69) is 36.1 Å². The zero-order valence-corrected chi connectivity index (χ0v) is 17.1. The van der Waals surface area contributed by atoms with Crippen LogP contribution in [0, 0.1) is 6.92 Å². The van der Waals surface area contributed by atoms with E-state index in [0.717, 1.165) is 33.0 Å². The number of rotatable bonds is 2.